The molecule has 0 saturated carbocycles. The summed E-state index contributed by atoms with van der Waals surface area (Å²) in [5.74, 6) is 0.369. The first-order valence-electron chi connectivity index (χ1n) is 6.90. The van der Waals surface area contributed by atoms with Gasteiger partial charge in [-0.2, -0.15) is 5.26 Å². The van der Waals surface area contributed by atoms with Crippen LogP contribution in [0.15, 0.2) is 30.3 Å². The third-order valence-corrected chi connectivity index (χ3v) is 3.56. The van der Waals surface area contributed by atoms with Gasteiger partial charge in [-0.15, -0.1) is 0 Å². The van der Waals surface area contributed by atoms with Gasteiger partial charge in [0.25, 0.3) is 0 Å². The number of ketones is 1. The smallest absolute Gasteiger partial charge is 0.202 e. The number of Topliss-reactive ketones (excluding diaryl/α,β-unsaturated/α-hetero) is 1. The Labute approximate surface area is 124 Å². The minimum atomic E-state index is -0.0736. The highest BCUT2D eigenvalue weighted by Crippen LogP contribution is 2.19. The van der Waals surface area contributed by atoms with E-state index < -0.39 is 0 Å². The molecule has 2 aromatic rings. The van der Waals surface area contributed by atoms with Crippen molar-refractivity contribution in [2.75, 3.05) is 6.61 Å². The fourth-order valence-electron chi connectivity index (χ4n) is 2.48. The molecule has 0 fully saturated rings. The molecule has 0 unspecified atom stereocenters. The number of carbonyl (C=O) groups is 1. The monoisotopic (exact) mass is 282 g/mol. The van der Waals surface area contributed by atoms with Crippen LogP contribution in [-0.4, -0.2) is 17.0 Å². The zero-order valence-corrected chi connectivity index (χ0v) is 12.5. The second-order valence-corrected chi connectivity index (χ2v) is 4.85. The molecule has 21 heavy (non-hydrogen) atoms. The number of hydrogen-bond donors (Lipinski definition) is 0. The van der Waals surface area contributed by atoms with E-state index in [2.05, 4.69) is 10.6 Å². The van der Waals surface area contributed by atoms with Gasteiger partial charge in [0.1, 0.15) is 11.8 Å². The lowest BCUT2D eigenvalue weighted by molar-refractivity contribution is 0.0920. The van der Waals surface area contributed by atoms with Gasteiger partial charge >= 0.3 is 0 Å². The minimum absolute atomic E-state index is 0.0628. The van der Waals surface area contributed by atoms with Crippen LogP contribution >= 0.6 is 0 Å². The van der Waals surface area contributed by atoms with Crippen LogP contribution in [0.1, 0.15) is 34.2 Å². The summed E-state index contributed by atoms with van der Waals surface area (Å²) in [5.41, 5.74) is 3.14. The summed E-state index contributed by atoms with van der Waals surface area (Å²) in [5, 5.41) is 9.00. The lowest BCUT2D eigenvalue weighted by Crippen LogP contribution is -2.13. The third kappa shape index (κ3) is 2.97. The van der Waals surface area contributed by atoms with E-state index in [4.69, 9.17) is 10.00 Å². The van der Waals surface area contributed by atoms with Crippen molar-refractivity contribution >= 4 is 5.78 Å². The molecular weight excluding hydrogens is 264 g/mol. The molecule has 0 atom stereocenters. The van der Waals surface area contributed by atoms with Crippen LogP contribution in [0.3, 0.4) is 0 Å². The molecular formula is C17H18N2O2. The maximum atomic E-state index is 12.3. The Morgan fingerprint density at radius 3 is 2.67 bits per heavy atom. The second kappa shape index (κ2) is 6.27. The molecule has 1 heterocycles. The van der Waals surface area contributed by atoms with Gasteiger partial charge in [-0.25, -0.2) is 0 Å². The van der Waals surface area contributed by atoms with Crippen molar-refractivity contribution < 1.29 is 9.53 Å². The molecule has 4 nitrogen and oxygen atoms in total. The van der Waals surface area contributed by atoms with Crippen LogP contribution in [0.5, 0.6) is 5.75 Å². The van der Waals surface area contributed by atoms with Gasteiger partial charge in [-0.3, -0.25) is 4.79 Å². The fourth-order valence-corrected chi connectivity index (χ4v) is 2.48. The Balaban J connectivity index is 2.14. The van der Waals surface area contributed by atoms with Crippen LogP contribution in [0.2, 0.25) is 0 Å². The average molecular weight is 282 g/mol. The van der Waals surface area contributed by atoms with E-state index in [0.717, 1.165) is 17.9 Å². The van der Waals surface area contributed by atoms with Gasteiger partial charge in [0.2, 0.25) is 5.78 Å². The summed E-state index contributed by atoms with van der Waals surface area (Å²) < 4.78 is 7.59. The Morgan fingerprint density at radius 1 is 1.33 bits per heavy atom. The highest BCUT2D eigenvalue weighted by Gasteiger charge is 2.16. The molecule has 0 saturated heterocycles. The number of benzene rings is 1. The fraction of sp³-hybridized carbons (Fsp3) is 0.294. The van der Waals surface area contributed by atoms with Crippen molar-refractivity contribution in [1.82, 2.24) is 4.57 Å². The predicted octanol–water partition coefficient (Wildman–Crippen LogP) is 3.26. The number of aromatic nitrogens is 1. The largest absolute Gasteiger partial charge is 0.484 e. The van der Waals surface area contributed by atoms with Crippen molar-refractivity contribution in [3.05, 3.63) is 52.8 Å². The normalized spacial score (nSPS) is 10.2. The summed E-state index contributed by atoms with van der Waals surface area (Å²) in [6.45, 7) is 6.75. The summed E-state index contributed by atoms with van der Waals surface area (Å²) in [6, 6.07) is 10.9. The molecule has 0 spiro atoms. The van der Waals surface area contributed by atoms with Crippen LogP contribution in [-0.2, 0) is 6.54 Å². The molecule has 108 valence electrons. The number of nitrogens with zero attached hydrogens (tertiary/aromatic N) is 2. The number of aryl methyl sites for hydroxylation is 1. The van der Waals surface area contributed by atoms with E-state index in [-0.39, 0.29) is 12.4 Å². The minimum Gasteiger partial charge on any atom is -0.484 e. The Morgan fingerprint density at radius 2 is 2.05 bits per heavy atom. The quantitative estimate of drug-likeness (QED) is 0.791. The molecule has 0 bridgehead atoms. The van der Waals surface area contributed by atoms with Crippen molar-refractivity contribution in [3.8, 4) is 11.8 Å². The predicted molar refractivity (Wildman–Crippen MR) is 80.6 cm³/mol. The highest BCUT2D eigenvalue weighted by molar-refractivity contribution is 5.98. The standard InChI is InChI=1S/C17H18N2O2/c1-4-19-12(2)9-15(13(19)3)16(20)11-21-17-8-6-5-7-14(17)10-18/h5-9H,4,11H2,1-3H3. The van der Waals surface area contributed by atoms with E-state index in [1.807, 2.05) is 26.8 Å². The molecule has 2 rings (SSSR count). The van der Waals surface area contributed by atoms with E-state index >= 15 is 0 Å². The van der Waals surface area contributed by atoms with Gasteiger partial charge in [0.15, 0.2) is 6.61 Å². The molecule has 0 radical (unpaired) electrons. The molecule has 0 aliphatic heterocycles. The zero-order chi connectivity index (χ0) is 15.4. The lowest BCUT2D eigenvalue weighted by Gasteiger charge is -2.08. The molecule has 0 aliphatic rings. The molecule has 0 aliphatic carbocycles. The number of carbonyl (C=O) groups excluding carboxylic acids is 1. The number of para-hydroxylation sites is 1. The molecule has 0 N–H and O–H groups in total. The summed E-state index contributed by atoms with van der Waals surface area (Å²) in [4.78, 5) is 12.3. The van der Waals surface area contributed by atoms with Crippen LogP contribution < -0.4 is 4.74 Å². The Bertz CT molecular complexity index is 708. The number of ether oxygens (including phenoxy) is 1. The van der Waals surface area contributed by atoms with Gasteiger partial charge in [0, 0.05) is 23.5 Å². The molecule has 0 amide bonds. The molecule has 1 aromatic carbocycles. The molecule has 1 aromatic heterocycles. The Kier molecular flexibility index (Phi) is 4.44. The van der Waals surface area contributed by atoms with Gasteiger partial charge < -0.3 is 9.30 Å². The van der Waals surface area contributed by atoms with E-state index in [1.165, 1.54) is 0 Å². The van der Waals surface area contributed by atoms with Crippen LogP contribution in [0.25, 0.3) is 0 Å². The second-order valence-electron chi connectivity index (χ2n) is 4.85. The van der Waals surface area contributed by atoms with Gasteiger partial charge in [-0.05, 0) is 39.0 Å². The maximum Gasteiger partial charge on any atom is 0.202 e. The van der Waals surface area contributed by atoms with Crippen LogP contribution in [0, 0.1) is 25.2 Å². The highest BCUT2D eigenvalue weighted by atomic mass is 16.5. The van der Waals surface area contributed by atoms with Crippen molar-refractivity contribution in [2.24, 2.45) is 0 Å². The zero-order valence-electron chi connectivity index (χ0n) is 12.5. The van der Waals surface area contributed by atoms with Crippen molar-refractivity contribution in [2.45, 2.75) is 27.3 Å². The third-order valence-electron chi connectivity index (χ3n) is 3.56. The molecule has 4 heteroatoms. The number of rotatable bonds is 5. The van der Waals surface area contributed by atoms with Gasteiger partial charge in [-0.1, -0.05) is 12.1 Å². The average Bonchev–Trinajstić information content (AvgIpc) is 2.79. The number of hydrogen-bond acceptors (Lipinski definition) is 3. The summed E-state index contributed by atoms with van der Waals surface area (Å²) in [6.07, 6.45) is 0. The first-order chi connectivity index (χ1) is 10.1. The maximum absolute atomic E-state index is 12.3. The van der Waals surface area contributed by atoms with E-state index in [0.29, 0.717) is 16.9 Å². The number of nitriles is 1. The SMILES string of the molecule is CCn1c(C)cc(C(=O)COc2ccccc2C#N)c1C. The van der Waals surface area contributed by atoms with Crippen LogP contribution in [0.4, 0.5) is 0 Å². The summed E-state index contributed by atoms with van der Waals surface area (Å²) in [7, 11) is 0. The topological polar surface area (TPSA) is 55.0 Å². The first-order valence-corrected chi connectivity index (χ1v) is 6.90. The summed E-state index contributed by atoms with van der Waals surface area (Å²) >= 11 is 0. The Hall–Kier alpha value is -2.54. The van der Waals surface area contributed by atoms with Crippen molar-refractivity contribution in [1.29, 1.82) is 5.26 Å². The van der Waals surface area contributed by atoms with E-state index in [1.54, 1.807) is 24.3 Å². The van der Waals surface area contributed by atoms with Gasteiger partial charge in [0.05, 0.1) is 5.56 Å². The van der Waals surface area contributed by atoms with E-state index in [9.17, 15) is 4.79 Å². The lowest BCUT2D eigenvalue weighted by atomic mass is 10.1. The first kappa shape index (κ1) is 14.9. The van der Waals surface area contributed by atoms with Crippen molar-refractivity contribution in [3.63, 3.8) is 0 Å².